The number of amides is 3. The van der Waals surface area contributed by atoms with Crippen LogP contribution in [0.4, 0.5) is 11.5 Å². The van der Waals surface area contributed by atoms with E-state index in [9.17, 15) is 14.4 Å². The molecule has 1 aliphatic rings. The summed E-state index contributed by atoms with van der Waals surface area (Å²) in [4.78, 5) is 53.8. The van der Waals surface area contributed by atoms with Crippen LogP contribution in [0.2, 0.25) is 0 Å². The number of hydrogen-bond donors (Lipinski definition) is 3. The highest BCUT2D eigenvalue weighted by atomic mass is 16.2. The molecule has 0 bridgehead atoms. The number of carbonyl (C=O) groups is 3. The zero-order valence-electron chi connectivity index (χ0n) is 23.4. The lowest BCUT2D eigenvalue weighted by molar-refractivity contribution is -0.131. The van der Waals surface area contributed by atoms with E-state index < -0.39 is 5.91 Å². The maximum atomic E-state index is 12.3. The summed E-state index contributed by atoms with van der Waals surface area (Å²) in [6.45, 7) is 9.41. The number of aromatic nitrogens is 3. The molecular formula is C28H40N8O3. The summed E-state index contributed by atoms with van der Waals surface area (Å²) in [6.07, 6.45) is 8.07. The van der Waals surface area contributed by atoms with E-state index in [2.05, 4.69) is 39.3 Å². The van der Waals surface area contributed by atoms with Crippen molar-refractivity contribution in [3.8, 4) is 0 Å². The molecule has 39 heavy (non-hydrogen) atoms. The minimum Gasteiger partial charge on any atom is -0.364 e. The predicted molar refractivity (Wildman–Crippen MR) is 151 cm³/mol. The van der Waals surface area contributed by atoms with Crippen LogP contribution in [0.1, 0.15) is 54.8 Å². The molecule has 0 spiro atoms. The Balaban J connectivity index is 1.55. The molecule has 11 heteroatoms. The first kappa shape index (κ1) is 29.7. The molecule has 0 radical (unpaired) electrons. The SMILES string of the molecule is CCc1nc(C(N)=O)c(Nc2ccnc(CCNC(=O)CN(C)C(=O)C=CCN3CCC3)c2)nc1CC(C)C. The van der Waals surface area contributed by atoms with E-state index in [0.717, 1.165) is 43.1 Å². The maximum Gasteiger partial charge on any atom is 0.271 e. The molecule has 1 aliphatic heterocycles. The topological polar surface area (TPSA) is 146 Å². The number of likely N-dealkylation sites (tertiary alicyclic amines) is 1. The van der Waals surface area contributed by atoms with Gasteiger partial charge in [0.1, 0.15) is 0 Å². The van der Waals surface area contributed by atoms with Gasteiger partial charge < -0.3 is 21.3 Å². The van der Waals surface area contributed by atoms with Crippen molar-refractivity contribution < 1.29 is 14.4 Å². The van der Waals surface area contributed by atoms with Crippen LogP contribution in [0.3, 0.4) is 0 Å². The number of nitrogens with two attached hydrogens (primary N) is 1. The number of nitrogens with zero attached hydrogens (tertiary/aromatic N) is 5. The Morgan fingerprint density at radius 1 is 1.21 bits per heavy atom. The first-order valence-electron chi connectivity index (χ1n) is 13.5. The number of nitrogens with one attached hydrogen (secondary N) is 2. The molecule has 1 saturated heterocycles. The summed E-state index contributed by atoms with van der Waals surface area (Å²) in [5, 5.41) is 6.00. The van der Waals surface area contributed by atoms with E-state index in [-0.39, 0.29) is 24.1 Å². The van der Waals surface area contributed by atoms with E-state index in [1.165, 1.54) is 17.4 Å². The van der Waals surface area contributed by atoms with E-state index in [1.54, 1.807) is 19.3 Å². The minimum absolute atomic E-state index is 0.0249. The van der Waals surface area contributed by atoms with Crippen molar-refractivity contribution in [1.29, 1.82) is 0 Å². The average molecular weight is 537 g/mol. The Labute approximate surface area is 230 Å². The highest BCUT2D eigenvalue weighted by Gasteiger charge is 2.18. The standard InChI is InChI=1S/C28H40N8O3/c1-5-22-23(16-19(2)3)34-28(26(33-22)27(29)39)32-21-10-11-30-20(17-21)9-12-31-24(37)18-35(4)25(38)8-6-13-36-14-7-15-36/h6,8,10-11,17,19H,5,7,9,12-16,18H2,1-4H3,(H2,29,39)(H,31,37)(H,30,32,34). The highest BCUT2D eigenvalue weighted by Crippen LogP contribution is 2.22. The fraction of sp³-hybridized carbons (Fsp3) is 0.500. The lowest BCUT2D eigenvalue weighted by Crippen LogP contribution is -2.39. The number of aryl methyl sites for hydroxylation is 1. The summed E-state index contributed by atoms with van der Waals surface area (Å²) in [7, 11) is 1.61. The fourth-order valence-corrected chi connectivity index (χ4v) is 4.10. The summed E-state index contributed by atoms with van der Waals surface area (Å²) in [5.41, 5.74) is 8.72. The molecule has 0 aliphatic carbocycles. The molecule has 3 heterocycles. The second-order valence-corrected chi connectivity index (χ2v) is 10.1. The molecule has 0 atom stereocenters. The Hall–Kier alpha value is -3.86. The Bertz CT molecular complexity index is 1190. The van der Waals surface area contributed by atoms with Crippen molar-refractivity contribution in [3.05, 3.63) is 53.3 Å². The van der Waals surface area contributed by atoms with Gasteiger partial charge in [0, 0.05) is 50.2 Å². The van der Waals surface area contributed by atoms with Crippen LogP contribution in [0.15, 0.2) is 30.5 Å². The van der Waals surface area contributed by atoms with Crippen LogP contribution < -0.4 is 16.4 Å². The zero-order valence-corrected chi connectivity index (χ0v) is 23.4. The van der Waals surface area contributed by atoms with Gasteiger partial charge >= 0.3 is 0 Å². The number of hydrogen-bond acceptors (Lipinski definition) is 8. The Morgan fingerprint density at radius 2 is 1.97 bits per heavy atom. The van der Waals surface area contributed by atoms with Crippen LogP contribution in [0.25, 0.3) is 0 Å². The van der Waals surface area contributed by atoms with Gasteiger partial charge in [-0.05, 0) is 50.4 Å². The van der Waals surface area contributed by atoms with Crippen LogP contribution >= 0.6 is 0 Å². The first-order chi connectivity index (χ1) is 18.7. The predicted octanol–water partition coefficient (Wildman–Crippen LogP) is 1.85. The highest BCUT2D eigenvalue weighted by molar-refractivity contribution is 5.96. The molecule has 0 saturated carbocycles. The third-order valence-electron chi connectivity index (χ3n) is 6.33. The van der Waals surface area contributed by atoms with Gasteiger partial charge in [-0.25, -0.2) is 9.97 Å². The fourth-order valence-electron chi connectivity index (χ4n) is 4.10. The number of primary amides is 1. The van der Waals surface area contributed by atoms with Crippen molar-refractivity contribution in [2.45, 2.75) is 46.5 Å². The van der Waals surface area contributed by atoms with Crippen LogP contribution in [0, 0.1) is 5.92 Å². The second kappa shape index (κ2) is 14.3. The molecule has 210 valence electrons. The van der Waals surface area contributed by atoms with E-state index >= 15 is 0 Å². The van der Waals surface area contributed by atoms with Crippen molar-refractivity contribution in [2.24, 2.45) is 11.7 Å². The third kappa shape index (κ3) is 9.13. The third-order valence-corrected chi connectivity index (χ3v) is 6.33. The van der Waals surface area contributed by atoms with Gasteiger partial charge in [-0.2, -0.15) is 0 Å². The van der Waals surface area contributed by atoms with E-state index in [0.29, 0.717) is 36.8 Å². The number of pyridine rings is 1. The van der Waals surface area contributed by atoms with Gasteiger partial charge in [-0.15, -0.1) is 0 Å². The van der Waals surface area contributed by atoms with Gasteiger partial charge in [0.2, 0.25) is 11.8 Å². The van der Waals surface area contributed by atoms with Gasteiger partial charge in [0.05, 0.1) is 17.9 Å². The molecule has 4 N–H and O–H groups in total. The van der Waals surface area contributed by atoms with Gasteiger partial charge in [-0.1, -0.05) is 26.8 Å². The molecule has 3 amide bonds. The lowest BCUT2D eigenvalue weighted by atomic mass is 10.0. The van der Waals surface area contributed by atoms with Gasteiger partial charge in [-0.3, -0.25) is 24.3 Å². The molecule has 3 rings (SSSR count). The minimum atomic E-state index is -0.650. The second-order valence-electron chi connectivity index (χ2n) is 10.1. The summed E-state index contributed by atoms with van der Waals surface area (Å²) in [5.74, 6) is -0.404. The van der Waals surface area contributed by atoms with Crippen LogP contribution in [0.5, 0.6) is 0 Å². The van der Waals surface area contributed by atoms with Crippen molar-refractivity contribution in [2.75, 3.05) is 45.1 Å². The van der Waals surface area contributed by atoms with E-state index in [4.69, 9.17) is 10.7 Å². The largest absolute Gasteiger partial charge is 0.364 e. The monoisotopic (exact) mass is 536 g/mol. The quantitative estimate of drug-likeness (QED) is 0.310. The molecule has 2 aromatic heterocycles. The lowest BCUT2D eigenvalue weighted by Gasteiger charge is -2.29. The van der Waals surface area contributed by atoms with Gasteiger partial charge in [0.25, 0.3) is 5.91 Å². The Morgan fingerprint density at radius 3 is 2.62 bits per heavy atom. The van der Waals surface area contributed by atoms with E-state index in [1.807, 2.05) is 19.1 Å². The number of rotatable bonds is 14. The summed E-state index contributed by atoms with van der Waals surface area (Å²) < 4.78 is 0. The molecule has 11 nitrogen and oxygen atoms in total. The van der Waals surface area contributed by atoms with Crippen molar-refractivity contribution >= 4 is 29.2 Å². The normalized spacial score (nSPS) is 13.4. The van der Waals surface area contributed by atoms with Crippen molar-refractivity contribution in [3.63, 3.8) is 0 Å². The molecular weight excluding hydrogens is 496 g/mol. The number of anilines is 2. The van der Waals surface area contributed by atoms with Crippen LogP contribution in [-0.2, 0) is 28.9 Å². The molecule has 1 fully saturated rings. The number of likely N-dealkylation sites (N-methyl/N-ethyl adjacent to an activating group) is 1. The van der Waals surface area contributed by atoms with Crippen molar-refractivity contribution in [1.82, 2.24) is 30.1 Å². The first-order valence-corrected chi connectivity index (χ1v) is 13.5. The summed E-state index contributed by atoms with van der Waals surface area (Å²) >= 11 is 0. The summed E-state index contributed by atoms with van der Waals surface area (Å²) in [6, 6.07) is 3.59. The molecule has 0 aromatic carbocycles. The van der Waals surface area contributed by atoms with Crippen LogP contribution in [-0.4, -0.2) is 82.2 Å². The smallest absolute Gasteiger partial charge is 0.271 e. The van der Waals surface area contributed by atoms with Gasteiger partial charge in [0.15, 0.2) is 11.5 Å². The molecule has 0 unspecified atom stereocenters. The Kier molecular flexibility index (Phi) is 10.9. The maximum absolute atomic E-state index is 12.3. The number of carbonyl (C=O) groups excluding carboxylic acids is 3. The average Bonchev–Trinajstić information content (AvgIpc) is 2.85. The zero-order chi connectivity index (χ0) is 28.4. The molecule has 2 aromatic rings.